The molecule has 6 heteroatoms. The Morgan fingerprint density at radius 2 is 2.05 bits per heavy atom. The van der Waals surface area contributed by atoms with E-state index in [0.717, 1.165) is 16.2 Å². The number of nitrogens with one attached hydrogen (secondary N) is 2. The molecule has 5 nitrogen and oxygen atoms in total. The van der Waals surface area contributed by atoms with Crippen LogP contribution in [0.25, 0.3) is 0 Å². The summed E-state index contributed by atoms with van der Waals surface area (Å²) in [6.07, 6.45) is 0.0139. The molecule has 2 unspecified atom stereocenters. The van der Waals surface area contributed by atoms with E-state index < -0.39 is 0 Å². The van der Waals surface area contributed by atoms with E-state index in [0.29, 0.717) is 13.2 Å². The number of halogens is 1. The molecule has 0 aliphatic carbocycles. The quantitative estimate of drug-likeness (QED) is 0.581. The molecule has 0 heterocycles. The molecule has 0 radical (unpaired) electrons. The van der Waals surface area contributed by atoms with Crippen LogP contribution in [0.3, 0.4) is 0 Å². The molecule has 0 saturated heterocycles. The highest BCUT2D eigenvalue weighted by Gasteiger charge is 2.09. The van der Waals surface area contributed by atoms with E-state index >= 15 is 0 Å². The molecule has 2 atom stereocenters. The second-order valence-corrected chi connectivity index (χ2v) is 5.67. The molecule has 118 valence electrons. The van der Waals surface area contributed by atoms with Crippen molar-refractivity contribution >= 4 is 21.9 Å². The van der Waals surface area contributed by atoms with Gasteiger partial charge in [-0.2, -0.15) is 0 Å². The highest BCUT2D eigenvalue weighted by molar-refractivity contribution is 9.10. The van der Waals surface area contributed by atoms with Gasteiger partial charge in [0.2, 0.25) is 0 Å². The molecule has 0 spiro atoms. The minimum Gasteiger partial charge on any atom is -0.488 e. The van der Waals surface area contributed by atoms with Gasteiger partial charge in [0.25, 0.3) is 0 Å². The average molecular weight is 358 g/mol. The molecule has 0 aliphatic heterocycles. The van der Waals surface area contributed by atoms with Crippen molar-refractivity contribution in [3.05, 3.63) is 28.7 Å². The van der Waals surface area contributed by atoms with Crippen LogP contribution in [0.5, 0.6) is 5.75 Å². The van der Waals surface area contributed by atoms with Crippen molar-refractivity contribution in [2.45, 2.75) is 26.0 Å². The lowest BCUT2D eigenvalue weighted by molar-refractivity contribution is 0.178. The normalized spacial score (nSPS) is 14.4. The molecule has 2 N–H and O–H groups in total. The molecular weight excluding hydrogens is 334 g/mol. The Bertz CT molecular complexity index is 454. The summed E-state index contributed by atoms with van der Waals surface area (Å²) in [6.45, 7) is 5.33. The second-order valence-electron chi connectivity index (χ2n) is 4.81. The summed E-state index contributed by atoms with van der Waals surface area (Å²) in [5.41, 5.74) is 0. The molecule has 0 bridgehead atoms. The van der Waals surface area contributed by atoms with Gasteiger partial charge < -0.3 is 20.1 Å². The van der Waals surface area contributed by atoms with Crippen LogP contribution in [0.1, 0.15) is 13.8 Å². The molecule has 0 amide bonds. The molecule has 0 aliphatic rings. The van der Waals surface area contributed by atoms with Gasteiger partial charge in [-0.25, -0.2) is 0 Å². The summed E-state index contributed by atoms with van der Waals surface area (Å²) in [5.74, 6) is 1.57. The van der Waals surface area contributed by atoms with Crippen LogP contribution in [0.2, 0.25) is 0 Å². The number of aliphatic imine (C=N–C) groups is 1. The van der Waals surface area contributed by atoms with Gasteiger partial charge >= 0.3 is 0 Å². The first kappa shape index (κ1) is 17.8. The zero-order chi connectivity index (χ0) is 15.7. The summed E-state index contributed by atoms with van der Waals surface area (Å²) < 4.78 is 11.9. The van der Waals surface area contributed by atoms with E-state index in [1.165, 1.54) is 0 Å². The zero-order valence-corrected chi connectivity index (χ0v) is 14.6. The van der Waals surface area contributed by atoms with E-state index in [2.05, 4.69) is 31.6 Å². The van der Waals surface area contributed by atoms with Gasteiger partial charge in [0.05, 0.1) is 17.6 Å². The summed E-state index contributed by atoms with van der Waals surface area (Å²) >= 11 is 3.47. The topological polar surface area (TPSA) is 54.9 Å². The number of ether oxygens (including phenoxy) is 2. The smallest absolute Gasteiger partial charge is 0.191 e. The third kappa shape index (κ3) is 6.82. The maximum absolute atomic E-state index is 5.88. The van der Waals surface area contributed by atoms with Crippen molar-refractivity contribution in [1.29, 1.82) is 0 Å². The molecule has 1 aromatic rings. The molecule has 1 aromatic carbocycles. The van der Waals surface area contributed by atoms with Gasteiger partial charge in [0.1, 0.15) is 11.9 Å². The minimum atomic E-state index is 0.0139. The molecule has 0 aromatic heterocycles. The Labute approximate surface area is 135 Å². The first-order chi connectivity index (χ1) is 10.1. The van der Waals surface area contributed by atoms with Crippen LogP contribution in [0, 0.1) is 0 Å². The third-order valence-electron chi connectivity index (χ3n) is 2.75. The van der Waals surface area contributed by atoms with Crippen molar-refractivity contribution in [2.75, 3.05) is 27.3 Å². The van der Waals surface area contributed by atoms with Gasteiger partial charge in [-0.1, -0.05) is 12.1 Å². The van der Waals surface area contributed by atoms with E-state index in [1.807, 2.05) is 38.1 Å². The second kappa shape index (κ2) is 9.63. The summed E-state index contributed by atoms with van der Waals surface area (Å²) in [4.78, 5) is 4.18. The van der Waals surface area contributed by atoms with E-state index in [-0.39, 0.29) is 12.1 Å². The Morgan fingerprint density at radius 1 is 1.33 bits per heavy atom. The number of para-hydroxylation sites is 1. The number of hydrogen-bond acceptors (Lipinski definition) is 3. The van der Waals surface area contributed by atoms with E-state index in [9.17, 15) is 0 Å². The maximum atomic E-state index is 5.88. The monoisotopic (exact) mass is 357 g/mol. The van der Waals surface area contributed by atoms with Crippen LogP contribution in [0.15, 0.2) is 33.7 Å². The van der Waals surface area contributed by atoms with E-state index in [4.69, 9.17) is 9.47 Å². The fourth-order valence-corrected chi connectivity index (χ4v) is 2.14. The number of guanidine groups is 1. The summed E-state index contributed by atoms with van der Waals surface area (Å²) in [5, 5.41) is 6.49. The van der Waals surface area contributed by atoms with Gasteiger partial charge in [0.15, 0.2) is 5.96 Å². The first-order valence-corrected chi connectivity index (χ1v) is 7.73. The Morgan fingerprint density at radius 3 is 2.67 bits per heavy atom. The number of hydrogen-bond donors (Lipinski definition) is 2. The van der Waals surface area contributed by atoms with Crippen molar-refractivity contribution in [3.63, 3.8) is 0 Å². The molecule has 21 heavy (non-hydrogen) atoms. The largest absolute Gasteiger partial charge is 0.488 e. The molecular formula is C15H24BrN3O2. The summed E-state index contributed by atoms with van der Waals surface area (Å²) in [6, 6.07) is 8.01. The van der Waals surface area contributed by atoms with Crippen molar-refractivity contribution < 1.29 is 9.47 Å². The third-order valence-corrected chi connectivity index (χ3v) is 3.40. The molecule has 0 fully saturated rings. The number of benzene rings is 1. The average Bonchev–Trinajstić information content (AvgIpc) is 2.46. The first-order valence-electron chi connectivity index (χ1n) is 6.94. The predicted octanol–water partition coefficient (Wildman–Crippen LogP) is 2.42. The number of rotatable bonds is 7. The Balaban J connectivity index is 2.41. The highest BCUT2D eigenvalue weighted by atomic mass is 79.9. The van der Waals surface area contributed by atoms with Crippen LogP contribution < -0.4 is 15.4 Å². The van der Waals surface area contributed by atoms with Crippen LogP contribution >= 0.6 is 15.9 Å². The minimum absolute atomic E-state index is 0.0139. The lowest BCUT2D eigenvalue weighted by atomic mass is 10.3. The number of methoxy groups -OCH3 is 1. The van der Waals surface area contributed by atoms with Gasteiger partial charge in [-0.15, -0.1) is 0 Å². The van der Waals surface area contributed by atoms with Crippen LogP contribution in [-0.4, -0.2) is 45.4 Å². The Kier molecular flexibility index (Phi) is 8.15. The lowest BCUT2D eigenvalue weighted by Gasteiger charge is -2.20. The molecule has 1 rings (SSSR count). The van der Waals surface area contributed by atoms with E-state index in [1.54, 1.807) is 14.2 Å². The number of nitrogens with zero attached hydrogens (tertiary/aromatic N) is 1. The van der Waals surface area contributed by atoms with Crippen LogP contribution in [0.4, 0.5) is 0 Å². The zero-order valence-electron chi connectivity index (χ0n) is 13.0. The maximum Gasteiger partial charge on any atom is 0.191 e. The fraction of sp³-hybridized carbons (Fsp3) is 0.533. The van der Waals surface area contributed by atoms with Gasteiger partial charge in [0, 0.05) is 20.2 Å². The predicted molar refractivity (Wildman–Crippen MR) is 90.1 cm³/mol. The fourth-order valence-electron chi connectivity index (χ4n) is 1.76. The SMILES string of the molecule is CN=C(NCC(C)Oc1ccccc1Br)NC(C)COC. The van der Waals surface area contributed by atoms with Gasteiger partial charge in [-0.05, 0) is 41.9 Å². The van der Waals surface area contributed by atoms with Gasteiger partial charge in [-0.3, -0.25) is 4.99 Å². The standard InChI is InChI=1S/C15H24BrN3O2/c1-11(10-20-4)19-15(17-3)18-9-12(2)21-14-8-6-5-7-13(14)16/h5-8,11-12H,9-10H2,1-4H3,(H2,17,18,19). The van der Waals surface area contributed by atoms with Crippen LogP contribution in [-0.2, 0) is 4.74 Å². The summed E-state index contributed by atoms with van der Waals surface area (Å²) in [7, 11) is 3.43. The lowest BCUT2D eigenvalue weighted by Crippen LogP contribution is -2.46. The Hall–Kier alpha value is -1.27. The highest BCUT2D eigenvalue weighted by Crippen LogP contribution is 2.24. The van der Waals surface area contributed by atoms with Crippen molar-refractivity contribution in [1.82, 2.24) is 10.6 Å². The van der Waals surface area contributed by atoms with Crippen molar-refractivity contribution in [2.24, 2.45) is 4.99 Å². The van der Waals surface area contributed by atoms with Crippen molar-refractivity contribution in [3.8, 4) is 5.75 Å². The molecule has 0 saturated carbocycles.